The molecule has 2 rings (SSSR count). The van der Waals surface area contributed by atoms with E-state index < -0.39 is 0 Å². The molecule has 2 heterocycles. The van der Waals surface area contributed by atoms with Crippen molar-refractivity contribution in [2.75, 3.05) is 5.75 Å². The second-order valence-corrected chi connectivity index (χ2v) is 4.33. The summed E-state index contributed by atoms with van der Waals surface area (Å²) in [7, 11) is 0. The van der Waals surface area contributed by atoms with Gasteiger partial charge in [-0.25, -0.2) is 4.98 Å². The number of carbonyl (C=O) groups is 1. The van der Waals surface area contributed by atoms with Crippen LogP contribution in [0.4, 0.5) is 5.13 Å². The summed E-state index contributed by atoms with van der Waals surface area (Å²) in [4.78, 5) is 19.2. The molecule has 1 aliphatic heterocycles. The SMILES string of the molecule is Cc1csc(/N=C2/NC(=O)CS2)n1. The van der Waals surface area contributed by atoms with Crippen molar-refractivity contribution in [3.8, 4) is 0 Å². The zero-order chi connectivity index (χ0) is 9.26. The fourth-order valence-corrected chi connectivity index (χ4v) is 2.27. The highest BCUT2D eigenvalue weighted by Gasteiger charge is 2.16. The van der Waals surface area contributed by atoms with Crippen LogP contribution in [0.1, 0.15) is 5.69 Å². The maximum Gasteiger partial charge on any atom is 0.236 e. The Bertz CT molecular complexity index is 372. The van der Waals surface area contributed by atoms with E-state index in [4.69, 9.17) is 0 Å². The van der Waals surface area contributed by atoms with Crippen LogP contribution in [0.3, 0.4) is 0 Å². The maximum absolute atomic E-state index is 10.8. The van der Waals surface area contributed by atoms with E-state index in [1.54, 1.807) is 0 Å². The van der Waals surface area contributed by atoms with Gasteiger partial charge in [0.15, 0.2) is 5.17 Å². The highest BCUT2D eigenvalue weighted by atomic mass is 32.2. The van der Waals surface area contributed by atoms with Gasteiger partial charge in [0, 0.05) is 5.38 Å². The van der Waals surface area contributed by atoms with Gasteiger partial charge in [0.2, 0.25) is 11.0 Å². The Morgan fingerprint density at radius 3 is 3.08 bits per heavy atom. The Morgan fingerprint density at radius 1 is 1.69 bits per heavy atom. The van der Waals surface area contributed by atoms with E-state index in [1.165, 1.54) is 23.1 Å². The van der Waals surface area contributed by atoms with E-state index in [-0.39, 0.29) is 5.91 Å². The van der Waals surface area contributed by atoms with E-state index >= 15 is 0 Å². The average Bonchev–Trinajstić information content (AvgIpc) is 2.62. The van der Waals surface area contributed by atoms with Crippen molar-refractivity contribution in [1.29, 1.82) is 0 Å². The fraction of sp³-hybridized carbons (Fsp3) is 0.286. The molecular formula is C7H7N3OS2. The quantitative estimate of drug-likeness (QED) is 0.765. The van der Waals surface area contributed by atoms with Gasteiger partial charge in [-0.3, -0.25) is 4.79 Å². The van der Waals surface area contributed by atoms with Gasteiger partial charge in [-0.15, -0.1) is 11.3 Å². The Labute approximate surface area is 83.5 Å². The highest BCUT2D eigenvalue weighted by molar-refractivity contribution is 8.15. The third-order valence-electron chi connectivity index (χ3n) is 1.39. The van der Waals surface area contributed by atoms with Crippen molar-refractivity contribution in [2.45, 2.75) is 6.92 Å². The van der Waals surface area contributed by atoms with Crippen molar-refractivity contribution in [3.05, 3.63) is 11.1 Å². The molecule has 68 valence electrons. The molecule has 13 heavy (non-hydrogen) atoms. The van der Waals surface area contributed by atoms with Crippen LogP contribution in [0.2, 0.25) is 0 Å². The van der Waals surface area contributed by atoms with Crippen LogP contribution in [0, 0.1) is 6.92 Å². The third-order valence-corrected chi connectivity index (χ3v) is 3.12. The molecule has 0 bridgehead atoms. The monoisotopic (exact) mass is 213 g/mol. The predicted octanol–water partition coefficient (Wildman–Crippen LogP) is 1.30. The van der Waals surface area contributed by atoms with Crippen molar-refractivity contribution in [2.24, 2.45) is 4.99 Å². The van der Waals surface area contributed by atoms with Crippen LogP contribution < -0.4 is 5.32 Å². The number of amidine groups is 1. The molecule has 6 heteroatoms. The van der Waals surface area contributed by atoms with Crippen LogP contribution in [-0.4, -0.2) is 21.8 Å². The molecule has 0 atom stereocenters. The molecule has 1 aliphatic rings. The first-order valence-electron chi connectivity index (χ1n) is 3.67. The molecule has 1 saturated heterocycles. The standard InChI is InChI=1S/C7H7N3OS2/c1-4-2-12-6(8-4)10-7-9-5(11)3-13-7/h2H,3H2,1H3,(H,8,9,10,11). The molecule has 0 unspecified atom stereocenters. The summed E-state index contributed by atoms with van der Waals surface area (Å²) in [6.45, 7) is 1.92. The maximum atomic E-state index is 10.8. The van der Waals surface area contributed by atoms with Gasteiger partial charge in [-0.1, -0.05) is 11.8 Å². The summed E-state index contributed by atoms with van der Waals surface area (Å²) in [6, 6.07) is 0. The number of thiazole rings is 1. The van der Waals surface area contributed by atoms with Gasteiger partial charge in [0.1, 0.15) is 0 Å². The summed E-state index contributed by atoms with van der Waals surface area (Å²) in [5.41, 5.74) is 0.957. The molecule has 1 aromatic rings. The number of nitrogens with one attached hydrogen (secondary N) is 1. The first-order valence-corrected chi connectivity index (χ1v) is 5.54. The summed E-state index contributed by atoms with van der Waals surface area (Å²) in [6.07, 6.45) is 0. The number of thioether (sulfide) groups is 1. The number of nitrogens with zero attached hydrogens (tertiary/aromatic N) is 2. The van der Waals surface area contributed by atoms with Crippen LogP contribution >= 0.6 is 23.1 Å². The largest absolute Gasteiger partial charge is 0.304 e. The third kappa shape index (κ3) is 2.07. The Balaban J connectivity index is 2.16. The van der Waals surface area contributed by atoms with Crippen molar-refractivity contribution in [3.63, 3.8) is 0 Å². The topological polar surface area (TPSA) is 54.4 Å². The van der Waals surface area contributed by atoms with E-state index in [0.29, 0.717) is 16.1 Å². The number of hydrogen-bond donors (Lipinski definition) is 1. The van der Waals surface area contributed by atoms with E-state index in [2.05, 4.69) is 15.3 Å². The zero-order valence-electron chi connectivity index (χ0n) is 6.90. The molecule has 1 N–H and O–H groups in total. The molecule has 0 aliphatic carbocycles. The van der Waals surface area contributed by atoms with Gasteiger partial charge < -0.3 is 5.32 Å². The lowest BCUT2D eigenvalue weighted by molar-refractivity contribution is -0.116. The minimum atomic E-state index is 0.0111. The van der Waals surface area contributed by atoms with Gasteiger partial charge in [-0.2, -0.15) is 4.99 Å². The first kappa shape index (κ1) is 8.71. The molecule has 0 spiro atoms. The van der Waals surface area contributed by atoms with Gasteiger partial charge in [0.05, 0.1) is 11.4 Å². The molecule has 1 fully saturated rings. The number of aromatic nitrogens is 1. The second-order valence-electron chi connectivity index (χ2n) is 2.53. The van der Waals surface area contributed by atoms with Crippen LogP contribution in [0.25, 0.3) is 0 Å². The van der Waals surface area contributed by atoms with E-state index in [1.807, 2.05) is 12.3 Å². The number of aryl methyl sites for hydroxylation is 1. The summed E-state index contributed by atoms with van der Waals surface area (Å²) in [5.74, 6) is 0.473. The minimum Gasteiger partial charge on any atom is -0.304 e. The fourth-order valence-electron chi connectivity index (χ4n) is 0.865. The van der Waals surface area contributed by atoms with Crippen molar-refractivity contribution in [1.82, 2.24) is 10.3 Å². The van der Waals surface area contributed by atoms with Gasteiger partial charge >= 0.3 is 0 Å². The lowest BCUT2D eigenvalue weighted by Crippen LogP contribution is -2.19. The Morgan fingerprint density at radius 2 is 2.54 bits per heavy atom. The first-order chi connectivity index (χ1) is 6.24. The van der Waals surface area contributed by atoms with Crippen LogP contribution in [0.15, 0.2) is 10.4 Å². The van der Waals surface area contributed by atoms with Crippen molar-refractivity contribution >= 4 is 39.3 Å². The van der Waals surface area contributed by atoms with Gasteiger partial charge in [-0.05, 0) is 6.92 Å². The van der Waals surface area contributed by atoms with Crippen molar-refractivity contribution < 1.29 is 4.79 Å². The number of hydrogen-bond acceptors (Lipinski definition) is 5. The molecule has 0 saturated carbocycles. The molecule has 1 amide bonds. The number of rotatable bonds is 1. The molecular weight excluding hydrogens is 206 g/mol. The van der Waals surface area contributed by atoms with Crippen LogP contribution in [0.5, 0.6) is 0 Å². The summed E-state index contributed by atoms with van der Waals surface area (Å²) in [5, 5.41) is 5.93. The normalized spacial score (nSPS) is 19.5. The van der Waals surface area contributed by atoms with Crippen LogP contribution in [-0.2, 0) is 4.79 Å². The Hall–Kier alpha value is -0.880. The molecule has 1 aromatic heterocycles. The summed E-state index contributed by atoms with van der Waals surface area (Å²) >= 11 is 2.88. The smallest absolute Gasteiger partial charge is 0.236 e. The number of aliphatic imine (C=N–C) groups is 1. The molecule has 0 aromatic carbocycles. The zero-order valence-corrected chi connectivity index (χ0v) is 8.54. The van der Waals surface area contributed by atoms with Gasteiger partial charge in [0.25, 0.3) is 0 Å². The van der Waals surface area contributed by atoms with E-state index in [0.717, 1.165) is 5.69 Å². The average molecular weight is 213 g/mol. The number of amides is 1. The van der Waals surface area contributed by atoms with E-state index in [9.17, 15) is 4.79 Å². The summed E-state index contributed by atoms with van der Waals surface area (Å²) < 4.78 is 0. The molecule has 0 radical (unpaired) electrons. The highest BCUT2D eigenvalue weighted by Crippen LogP contribution is 2.21. The molecule has 4 nitrogen and oxygen atoms in total. The second kappa shape index (κ2) is 3.47. The predicted molar refractivity (Wildman–Crippen MR) is 54.5 cm³/mol. The number of carbonyl (C=O) groups excluding carboxylic acids is 1. The Kier molecular flexibility index (Phi) is 2.32. The minimum absolute atomic E-state index is 0.0111. The lowest BCUT2D eigenvalue weighted by atomic mass is 10.6. The lowest BCUT2D eigenvalue weighted by Gasteiger charge is -1.90.